The molecule has 0 saturated heterocycles. The Morgan fingerprint density at radius 3 is 2.62 bits per heavy atom. The lowest BCUT2D eigenvalue weighted by atomic mass is 9.90. The van der Waals surface area contributed by atoms with Gasteiger partial charge in [0.05, 0.1) is 6.42 Å². The van der Waals surface area contributed by atoms with E-state index in [0.29, 0.717) is 0 Å². The van der Waals surface area contributed by atoms with Crippen LogP contribution in [0.15, 0.2) is 18.2 Å². The highest BCUT2D eigenvalue weighted by atomic mass is 16.4. The minimum absolute atomic E-state index is 0.0191. The lowest BCUT2D eigenvalue weighted by Crippen LogP contribution is -2.31. The number of aliphatic carboxylic acids is 1. The maximum atomic E-state index is 11.8. The Morgan fingerprint density at radius 2 is 1.90 bits per heavy atom. The number of aliphatic hydroxyl groups is 1. The molecule has 5 nitrogen and oxygen atoms in total. The highest BCUT2D eigenvalue weighted by molar-refractivity contribution is 5.78. The zero-order valence-electron chi connectivity index (χ0n) is 12.0. The highest BCUT2D eigenvalue weighted by Crippen LogP contribution is 2.22. The Kier molecular flexibility index (Phi) is 5.33. The van der Waals surface area contributed by atoms with Crippen molar-refractivity contribution in [2.75, 3.05) is 6.54 Å². The maximum absolute atomic E-state index is 11.8. The molecular weight excluding hydrogens is 270 g/mol. The summed E-state index contributed by atoms with van der Waals surface area (Å²) in [5.74, 6) is -1.41. The van der Waals surface area contributed by atoms with E-state index in [2.05, 4.69) is 17.4 Å². The lowest BCUT2D eigenvalue weighted by molar-refractivity contribution is -0.147. The predicted molar refractivity (Wildman–Crippen MR) is 78.1 cm³/mol. The van der Waals surface area contributed by atoms with Crippen LogP contribution in [0.4, 0.5) is 0 Å². The van der Waals surface area contributed by atoms with E-state index >= 15 is 0 Å². The van der Waals surface area contributed by atoms with Crippen LogP contribution >= 0.6 is 0 Å². The topological polar surface area (TPSA) is 86.6 Å². The van der Waals surface area contributed by atoms with Gasteiger partial charge in [0.1, 0.15) is 0 Å². The molecule has 0 aromatic heterocycles. The number of nitrogens with one attached hydrogen (secondary N) is 1. The van der Waals surface area contributed by atoms with Gasteiger partial charge in [-0.05, 0) is 42.4 Å². The van der Waals surface area contributed by atoms with Crippen LogP contribution in [0.25, 0.3) is 0 Å². The van der Waals surface area contributed by atoms with Gasteiger partial charge in [-0.15, -0.1) is 0 Å². The van der Waals surface area contributed by atoms with Crippen molar-refractivity contribution in [1.29, 1.82) is 0 Å². The van der Waals surface area contributed by atoms with Gasteiger partial charge in [-0.2, -0.15) is 0 Å². The van der Waals surface area contributed by atoms with Crippen LogP contribution in [-0.2, 0) is 28.9 Å². The number of carboxylic acid groups (broad SMARTS) is 1. The zero-order valence-corrected chi connectivity index (χ0v) is 12.0. The van der Waals surface area contributed by atoms with Gasteiger partial charge in [-0.3, -0.25) is 4.79 Å². The first-order chi connectivity index (χ1) is 10.1. The average Bonchev–Trinajstić information content (AvgIpc) is 2.46. The number of amides is 1. The van der Waals surface area contributed by atoms with Crippen LogP contribution in [-0.4, -0.2) is 34.7 Å². The van der Waals surface area contributed by atoms with Crippen LogP contribution in [0.3, 0.4) is 0 Å². The van der Waals surface area contributed by atoms with E-state index in [0.717, 1.165) is 18.4 Å². The monoisotopic (exact) mass is 291 g/mol. The molecule has 0 heterocycles. The van der Waals surface area contributed by atoms with Crippen molar-refractivity contribution in [2.45, 2.75) is 44.6 Å². The molecule has 0 aliphatic heterocycles. The number of rotatable bonds is 6. The van der Waals surface area contributed by atoms with Gasteiger partial charge in [0, 0.05) is 13.0 Å². The van der Waals surface area contributed by atoms with Crippen molar-refractivity contribution in [1.82, 2.24) is 5.32 Å². The number of benzene rings is 1. The summed E-state index contributed by atoms with van der Waals surface area (Å²) in [4.78, 5) is 22.2. The van der Waals surface area contributed by atoms with Crippen molar-refractivity contribution in [3.63, 3.8) is 0 Å². The third-order valence-electron chi connectivity index (χ3n) is 3.80. The van der Waals surface area contributed by atoms with E-state index < -0.39 is 12.1 Å². The number of carboxylic acids is 1. The van der Waals surface area contributed by atoms with Gasteiger partial charge in [-0.25, -0.2) is 4.79 Å². The molecule has 3 N–H and O–H groups in total. The van der Waals surface area contributed by atoms with E-state index in [1.165, 1.54) is 24.0 Å². The average molecular weight is 291 g/mol. The summed E-state index contributed by atoms with van der Waals surface area (Å²) in [5.41, 5.74) is 3.70. The van der Waals surface area contributed by atoms with E-state index in [1.807, 2.05) is 6.07 Å². The van der Waals surface area contributed by atoms with Crippen LogP contribution in [0.2, 0.25) is 0 Å². The van der Waals surface area contributed by atoms with Gasteiger partial charge in [0.15, 0.2) is 6.10 Å². The van der Waals surface area contributed by atoms with Crippen molar-refractivity contribution in [3.05, 3.63) is 34.9 Å². The second kappa shape index (κ2) is 7.22. The van der Waals surface area contributed by atoms with Gasteiger partial charge in [0.25, 0.3) is 0 Å². The first-order valence-electron chi connectivity index (χ1n) is 7.34. The lowest BCUT2D eigenvalue weighted by Gasteiger charge is -2.16. The van der Waals surface area contributed by atoms with Gasteiger partial charge in [0.2, 0.25) is 5.91 Å². The molecule has 1 aromatic carbocycles. The normalized spacial score (nSPS) is 15.1. The third-order valence-corrected chi connectivity index (χ3v) is 3.80. The number of hydrogen-bond acceptors (Lipinski definition) is 3. The van der Waals surface area contributed by atoms with Gasteiger partial charge >= 0.3 is 5.97 Å². The summed E-state index contributed by atoms with van der Waals surface area (Å²) >= 11 is 0. The quantitative estimate of drug-likeness (QED) is 0.731. The Bertz CT molecular complexity index is 527. The number of hydrogen-bond donors (Lipinski definition) is 3. The SMILES string of the molecule is O=C(Cc1ccc2c(c1)CCCC2)NCC[C@H](O)C(=O)O. The minimum atomic E-state index is -1.42. The third kappa shape index (κ3) is 4.56. The molecule has 21 heavy (non-hydrogen) atoms. The number of aryl methyl sites for hydroxylation is 2. The minimum Gasteiger partial charge on any atom is -0.479 e. The molecule has 5 heteroatoms. The van der Waals surface area contributed by atoms with Crippen LogP contribution in [0.5, 0.6) is 0 Å². The smallest absolute Gasteiger partial charge is 0.332 e. The molecule has 0 bridgehead atoms. The molecule has 0 spiro atoms. The standard InChI is InChI=1S/C16H21NO4/c18-14(16(20)21)7-8-17-15(19)10-11-5-6-12-3-1-2-4-13(12)9-11/h5-6,9,14,18H,1-4,7-8,10H2,(H,17,19)(H,20,21)/t14-/m0/s1. The van der Waals surface area contributed by atoms with Crippen LogP contribution in [0, 0.1) is 0 Å². The number of carbonyl (C=O) groups is 2. The summed E-state index contributed by atoms with van der Waals surface area (Å²) in [6.07, 6.45) is 3.52. The molecule has 0 fully saturated rings. The van der Waals surface area contributed by atoms with Crippen molar-refractivity contribution in [3.8, 4) is 0 Å². The second-order valence-corrected chi connectivity index (χ2v) is 5.48. The van der Waals surface area contributed by atoms with Crippen molar-refractivity contribution >= 4 is 11.9 Å². The highest BCUT2D eigenvalue weighted by Gasteiger charge is 2.14. The van der Waals surface area contributed by atoms with E-state index in [4.69, 9.17) is 10.2 Å². The van der Waals surface area contributed by atoms with Gasteiger partial charge in [-0.1, -0.05) is 18.2 Å². The van der Waals surface area contributed by atoms with Crippen LogP contribution < -0.4 is 5.32 Å². The van der Waals surface area contributed by atoms with Crippen molar-refractivity contribution < 1.29 is 19.8 Å². The molecule has 0 saturated carbocycles. The fraction of sp³-hybridized carbons (Fsp3) is 0.500. The first-order valence-corrected chi connectivity index (χ1v) is 7.34. The summed E-state index contributed by atoms with van der Waals surface area (Å²) in [5, 5.41) is 20.3. The summed E-state index contributed by atoms with van der Waals surface area (Å²) in [6, 6.07) is 6.18. The Labute approximate surface area is 124 Å². The molecule has 114 valence electrons. The van der Waals surface area contributed by atoms with Crippen molar-refractivity contribution in [2.24, 2.45) is 0 Å². The molecule has 1 aliphatic carbocycles. The van der Waals surface area contributed by atoms with Crippen LogP contribution in [0.1, 0.15) is 36.0 Å². The Hall–Kier alpha value is -1.88. The molecule has 2 rings (SSSR count). The number of fused-ring (bicyclic) bond motifs is 1. The maximum Gasteiger partial charge on any atom is 0.332 e. The Balaban J connectivity index is 1.81. The number of aliphatic hydroxyl groups excluding tert-OH is 1. The van der Waals surface area contributed by atoms with E-state index in [1.54, 1.807) is 0 Å². The summed E-state index contributed by atoms with van der Waals surface area (Å²) in [7, 11) is 0. The molecule has 0 radical (unpaired) electrons. The van der Waals surface area contributed by atoms with E-state index in [-0.39, 0.29) is 25.3 Å². The Morgan fingerprint density at radius 1 is 1.19 bits per heavy atom. The molecule has 1 atom stereocenters. The second-order valence-electron chi connectivity index (χ2n) is 5.48. The molecule has 1 amide bonds. The molecule has 1 aromatic rings. The largest absolute Gasteiger partial charge is 0.479 e. The van der Waals surface area contributed by atoms with Gasteiger partial charge < -0.3 is 15.5 Å². The predicted octanol–water partition coefficient (Wildman–Crippen LogP) is 1.06. The summed E-state index contributed by atoms with van der Waals surface area (Å²) < 4.78 is 0. The fourth-order valence-electron chi connectivity index (χ4n) is 2.62. The number of carbonyl (C=O) groups excluding carboxylic acids is 1. The van der Waals surface area contributed by atoms with E-state index in [9.17, 15) is 9.59 Å². The first kappa shape index (κ1) is 15.5. The molecule has 1 aliphatic rings. The zero-order chi connectivity index (χ0) is 15.2. The molecule has 0 unspecified atom stereocenters. The summed E-state index contributed by atoms with van der Waals surface area (Å²) in [6.45, 7) is 0.164. The fourth-order valence-corrected chi connectivity index (χ4v) is 2.62. The molecular formula is C16H21NO4.